The summed E-state index contributed by atoms with van der Waals surface area (Å²) >= 11 is 0. The second kappa shape index (κ2) is 8.43. The lowest BCUT2D eigenvalue weighted by Gasteiger charge is -2.11. The lowest BCUT2D eigenvalue weighted by atomic mass is 10.1. The van der Waals surface area contributed by atoms with Crippen LogP contribution in [0.15, 0.2) is 52.9 Å². The lowest BCUT2D eigenvalue weighted by Crippen LogP contribution is -2.22. The fourth-order valence-electron chi connectivity index (χ4n) is 2.80. The van der Waals surface area contributed by atoms with E-state index in [0.29, 0.717) is 37.5 Å². The van der Waals surface area contributed by atoms with Crippen LogP contribution < -0.4 is 14.8 Å². The van der Waals surface area contributed by atoms with Crippen molar-refractivity contribution < 1.29 is 18.7 Å². The van der Waals surface area contributed by atoms with E-state index in [2.05, 4.69) is 5.32 Å². The molecule has 3 rings (SSSR count). The predicted molar refractivity (Wildman–Crippen MR) is 101 cm³/mol. The van der Waals surface area contributed by atoms with Crippen LogP contribution in [-0.2, 0) is 17.8 Å². The predicted octanol–water partition coefficient (Wildman–Crippen LogP) is 4.09. The van der Waals surface area contributed by atoms with Crippen LogP contribution in [0, 0.1) is 0 Å². The Morgan fingerprint density at radius 2 is 1.96 bits per heavy atom. The molecular formula is C21H23NO4. The van der Waals surface area contributed by atoms with E-state index in [1.54, 1.807) is 7.11 Å². The third kappa shape index (κ3) is 4.36. The summed E-state index contributed by atoms with van der Waals surface area (Å²) in [6.07, 6.45) is 1.03. The van der Waals surface area contributed by atoms with Gasteiger partial charge in [0.1, 0.15) is 11.3 Å². The van der Waals surface area contributed by atoms with Gasteiger partial charge < -0.3 is 19.2 Å². The van der Waals surface area contributed by atoms with Gasteiger partial charge in [-0.25, -0.2) is 0 Å². The molecule has 0 aliphatic rings. The van der Waals surface area contributed by atoms with Crippen LogP contribution in [0.3, 0.4) is 0 Å². The first kappa shape index (κ1) is 17.9. The monoisotopic (exact) mass is 353 g/mol. The third-order valence-electron chi connectivity index (χ3n) is 4.10. The number of amides is 1. The number of benzene rings is 2. The summed E-state index contributed by atoms with van der Waals surface area (Å²) in [7, 11) is 1.61. The molecule has 0 unspecified atom stereocenters. The van der Waals surface area contributed by atoms with E-state index < -0.39 is 0 Å². The summed E-state index contributed by atoms with van der Waals surface area (Å²) in [5.41, 5.74) is 1.86. The fraction of sp³-hybridized carbons (Fsp3) is 0.286. The minimum Gasteiger partial charge on any atom is -0.493 e. The van der Waals surface area contributed by atoms with E-state index in [-0.39, 0.29) is 5.91 Å². The Bertz CT molecular complexity index is 852. The zero-order chi connectivity index (χ0) is 18.4. The summed E-state index contributed by atoms with van der Waals surface area (Å²) in [5.74, 6) is 2.14. The first-order valence-corrected chi connectivity index (χ1v) is 8.73. The Morgan fingerprint density at radius 1 is 1.12 bits per heavy atom. The highest BCUT2D eigenvalue weighted by atomic mass is 16.5. The Balaban J connectivity index is 1.52. The van der Waals surface area contributed by atoms with Crippen LogP contribution in [0.2, 0.25) is 0 Å². The van der Waals surface area contributed by atoms with Gasteiger partial charge in [0, 0.05) is 11.8 Å². The van der Waals surface area contributed by atoms with Crippen LogP contribution in [-0.4, -0.2) is 19.6 Å². The zero-order valence-electron chi connectivity index (χ0n) is 15.1. The number of para-hydroxylation sites is 1. The summed E-state index contributed by atoms with van der Waals surface area (Å²) in [5, 5.41) is 3.94. The van der Waals surface area contributed by atoms with Crippen molar-refractivity contribution in [1.82, 2.24) is 5.32 Å². The lowest BCUT2D eigenvalue weighted by molar-refractivity contribution is -0.121. The molecule has 2 aromatic carbocycles. The molecule has 5 nitrogen and oxygen atoms in total. The second-order valence-electron chi connectivity index (χ2n) is 5.95. The van der Waals surface area contributed by atoms with E-state index in [0.717, 1.165) is 22.3 Å². The molecule has 0 saturated heterocycles. The Hall–Kier alpha value is -2.95. The average molecular weight is 353 g/mol. The maximum absolute atomic E-state index is 12.1. The fourth-order valence-corrected chi connectivity index (χ4v) is 2.80. The Labute approximate surface area is 152 Å². The topological polar surface area (TPSA) is 60.7 Å². The number of aryl methyl sites for hydroxylation is 1. The van der Waals surface area contributed by atoms with Crippen molar-refractivity contribution in [3.05, 3.63) is 59.9 Å². The number of furan rings is 1. The molecule has 1 heterocycles. The number of fused-ring (bicyclic) bond motifs is 1. The maximum Gasteiger partial charge on any atom is 0.220 e. The number of carbonyl (C=O) groups is 1. The Morgan fingerprint density at radius 3 is 2.73 bits per heavy atom. The van der Waals surface area contributed by atoms with E-state index >= 15 is 0 Å². The molecule has 1 amide bonds. The van der Waals surface area contributed by atoms with Crippen LogP contribution in [0.4, 0.5) is 0 Å². The second-order valence-corrected chi connectivity index (χ2v) is 5.95. The molecule has 1 N–H and O–H groups in total. The standard InChI is InChI=1S/C21H23NO4/c1-3-25-19-10-8-15(12-20(19)24-2)9-11-21(23)22-14-17-13-16-6-4-5-7-18(16)26-17/h4-8,10,12-13H,3,9,11,14H2,1-2H3,(H,22,23). The number of hydrogen-bond donors (Lipinski definition) is 1. The van der Waals surface area contributed by atoms with E-state index in [4.69, 9.17) is 13.9 Å². The van der Waals surface area contributed by atoms with Gasteiger partial charge in [-0.1, -0.05) is 24.3 Å². The van der Waals surface area contributed by atoms with Crippen molar-refractivity contribution >= 4 is 16.9 Å². The SMILES string of the molecule is CCOc1ccc(CCC(=O)NCc2cc3ccccc3o2)cc1OC. The number of hydrogen-bond acceptors (Lipinski definition) is 4. The van der Waals surface area contributed by atoms with Gasteiger partial charge in [0.2, 0.25) is 5.91 Å². The largest absolute Gasteiger partial charge is 0.493 e. The van der Waals surface area contributed by atoms with Crippen molar-refractivity contribution in [3.63, 3.8) is 0 Å². The summed E-state index contributed by atoms with van der Waals surface area (Å²) in [4.78, 5) is 12.1. The number of ether oxygens (including phenoxy) is 2. The maximum atomic E-state index is 12.1. The van der Waals surface area contributed by atoms with Crippen molar-refractivity contribution in [1.29, 1.82) is 0 Å². The van der Waals surface area contributed by atoms with Crippen molar-refractivity contribution in [3.8, 4) is 11.5 Å². The average Bonchev–Trinajstić information content (AvgIpc) is 3.08. The van der Waals surface area contributed by atoms with Crippen LogP contribution in [0.25, 0.3) is 11.0 Å². The highest BCUT2D eigenvalue weighted by molar-refractivity contribution is 5.78. The van der Waals surface area contributed by atoms with Crippen LogP contribution in [0.5, 0.6) is 11.5 Å². The van der Waals surface area contributed by atoms with E-state index in [1.165, 1.54) is 0 Å². The zero-order valence-corrected chi connectivity index (χ0v) is 15.1. The quantitative estimate of drug-likeness (QED) is 0.663. The van der Waals surface area contributed by atoms with E-state index in [1.807, 2.05) is 55.5 Å². The molecule has 0 aliphatic carbocycles. The molecule has 136 valence electrons. The Kier molecular flexibility index (Phi) is 5.79. The minimum atomic E-state index is -0.0155. The van der Waals surface area contributed by atoms with Gasteiger partial charge in [-0.05, 0) is 43.2 Å². The molecule has 0 atom stereocenters. The van der Waals surface area contributed by atoms with Crippen molar-refractivity contribution in [2.24, 2.45) is 0 Å². The molecule has 0 bridgehead atoms. The first-order valence-electron chi connectivity index (χ1n) is 8.73. The van der Waals surface area contributed by atoms with Gasteiger partial charge in [0.25, 0.3) is 0 Å². The van der Waals surface area contributed by atoms with Gasteiger partial charge in [0.15, 0.2) is 11.5 Å². The molecule has 3 aromatic rings. The van der Waals surface area contributed by atoms with E-state index in [9.17, 15) is 4.79 Å². The molecule has 1 aromatic heterocycles. The van der Waals surface area contributed by atoms with Crippen molar-refractivity contribution in [2.75, 3.05) is 13.7 Å². The summed E-state index contributed by atoms with van der Waals surface area (Å²) in [6.45, 7) is 2.90. The molecule has 0 saturated carbocycles. The molecule has 0 spiro atoms. The third-order valence-corrected chi connectivity index (χ3v) is 4.10. The molecule has 5 heteroatoms. The normalized spacial score (nSPS) is 10.7. The van der Waals surface area contributed by atoms with Gasteiger partial charge in [-0.15, -0.1) is 0 Å². The number of nitrogens with one attached hydrogen (secondary N) is 1. The van der Waals surface area contributed by atoms with Gasteiger partial charge >= 0.3 is 0 Å². The molecule has 26 heavy (non-hydrogen) atoms. The summed E-state index contributed by atoms with van der Waals surface area (Å²) < 4.78 is 16.6. The van der Waals surface area contributed by atoms with Crippen LogP contribution in [0.1, 0.15) is 24.7 Å². The van der Waals surface area contributed by atoms with Crippen molar-refractivity contribution in [2.45, 2.75) is 26.3 Å². The first-order chi connectivity index (χ1) is 12.7. The van der Waals surface area contributed by atoms with Gasteiger partial charge in [0.05, 0.1) is 20.3 Å². The molecule has 0 radical (unpaired) electrons. The van der Waals surface area contributed by atoms with Gasteiger partial charge in [-0.3, -0.25) is 4.79 Å². The molecule has 0 aliphatic heterocycles. The number of carbonyl (C=O) groups excluding carboxylic acids is 1. The number of rotatable bonds is 8. The van der Waals surface area contributed by atoms with Crippen LogP contribution >= 0.6 is 0 Å². The number of methoxy groups -OCH3 is 1. The molecular weight excluding hydrogens is 330 g/mol. The highest BCUT2D eigenvalue weighted by Crippen LogP contribution is 2.28. The minimum absolute atomic E-state index is 0.0155. The molecule has 0 fully saturated rings. The highest BCUT2D eigenvalue weighted by Gasteiger charge is 2.09. The van der Waals surface area contributed by atoms with Gasteiger partial charge in [-0.2, -0.15) is 0 Å². The smallest absolute Gasteiger partial charge is 0.220 e. The summed E-state index contributed by atoms with van der Waals surface area (Å²) in [6, 6.07) is 15.5.